The number of alkyl halides is 3. The zero-order valence-electron chi connectivity index (χ0n) is 19.5. The number of likely N-dealkylation sites (tertiary alicyclic amines) is 1. The monoisotopic (exact) mass is 495 g/mol. The molecule has 1 heterocycles. The van der Waals surface area contributed by atoms with E-state index in [-0.39, 0.29) is 19.4 Å². The van der Waals surface area contributed by atoms with Crippen molar-refractivity contribution in [1.29, 1.82) is 0 Å². The molecular formula is C26H32F3NO3S. The van der Waals surface area contributed by atoms with Crippen LogP contribution in [0.2, 0.25) is 0 Å². The minimum Gasteiger partial charge on any atom is -0.493 e. The molecule has 2 fully saturated rings. The Kier molecular flexibility index (Phi) is 7.29. The fourth-order valence-electron chi connectivity index (χ4n) is 5.17. The van der Waals surface area contributed by atoms with E-state index in [2.05, 4.69) is 0 Å². The predicted octanol–water partition coefficient (Wildman–Crippen LogP) is 5.97. The van der Waals surface area contributed by atoms with E-state index in [1.807, 2.05) is 29.2 Å². The number of rotatable bonds is 7. The minimum absolute atomic E-state index is 0.136. The number of piperidine rings is 1. The van der Waals surface area contributed by atoms with Gasteiger partial charge >= 0.3 is 6.18 Å². The topological polar surface area (TPSA) is 46.6 Å². The summed E-state index contributed by atoms with van der Waals surface area (Å²) in [5.41, 5.74) is 0.375. The van der Waals surface area contributed by atoms with E-state index >= 15 is 0 Å². The molecule has 0 aromatic heterocycles. The third-order valence-electron chi connectivity index (χ3n) is 7.35. The molecule has 186 valence electrons. The number of hydrogen-bond acceptors (Lipinski definition) is 4. The lowest BCUT2D eigenvalue weighted by atomic mass is 9.83. The van der Waals surface area contributed by atoms with Crippen molar-refractivity contribution in [2.45, 2.75) is 49.6 Å². The lowest BCUT2D eigenvalue weighted by molar-refractivity contribution is -0.228. The van der Waals surface area contributed by atoms with Crippen molar-refractivity contribution in [1.82, 2.24) is 4.90 Å². The molecule has 4 nitrogen and oxygen atoms in total. The third kappa shape index (κ3) is 5.77. The van der Waals surface area contributed by atoms with Gasteiger partial charge in [-0.15, -0.1) is 0 Å². The summed E-state index contributed by atoms with van der Waals surface area (Å²) >= 11 is 0. The first-order valence-electron chi connectivity index (χ1n) is 11.9. The molecule has 0 unspecified atom stereocenters. The van der Waals surface area contributed by atoms with Crippen LogP contribution in [-0.4, -0.2) is 52.0 Å². The summed E-state index contributed by atoms with van der Waals surface area (Å²) in [5.74, 6) is 1.09. The van der Waals surface area contributed by atoms with Gasteiger partial charge < -0.3 is 9.64 Å². The van der Waals surface area contributed by atoms with Crippen LogP contribution < -0.4 is 4.74 Å². The first-order chi connectivity index (χ1) is 16.1. The number of benzene rings is 2. The van der Waals surface area contributed by atoms with Crippen LogP contribution in [0.5, 0.6) is 5.75 Å². The van der Waals surface area contributed by atoms with E-state index in [4.69, 9.17) is 4.74 Å². The maximum absolute atomic E-state index is 13.7. The van der Waals surface area contributed by atoms with Gasteiger partial charge in [0, 0.05) is 12.8 Å². The van der Waals surface area contributed by atoms with Crippen LogP contribution >= 0.6 is 0 Å². The van der Waals surface area contributed by atoms with Gasteiger partial charge in [-0.05, 0) is 80.1 Å². The van der Waals surface area contributed by atoms with Crippen LogP contribution in [0.4, 0.5) is 13.2 Å². The molecule has 0 bridgehead atoms. The summed E-state index contributed by atoms with van der Waals surface area (Å²) in [6.45, 7) is 2.07. The van der Waals surface area contributed by atoms with Gasteiger partial charge in [0.05, 0.1) is 16.9 Å². The summed E-state index contributed by atoms with van der Waals surface area (Å²) < 4.78 is 70.3. The second-order valence-electron chi connectivity index (χ2n) is 9.84. The van der Waals surface area contributed by atoms with Gasteiger partial charge in [-0.25, -0.2) is 8.42 Å². The highest BCUT2D eigenvalue weighted by molar-refractivity contribution is 7.90. The molecule has 34 heavy (non-hydrogen) atoms. The Labute approximate surface area is 200 Å². The SMILES string of the molecule is CS(=O)(=O)c1ccc(-c2ccc(OCC3CCN(CC4(C(F)(F)F)CCCC4)CC3)cc2)cc1. The van der Waals surface area contributed by atoms with Crippen molar-refractivity contribution >= 4 is 9.84 Å². The Bertz CT molecular complexity index is 1050. The summed E-state index contributed by atoms with van der Waals surface area (Å²) in [7, 11) is -3.22. The fourth-order valence-corrected chi connectivity index (χ4v) is 5.80. The van der Waals surface area contributed by atoms with E-state index in [0.717, 1.165) is 29.7 Å². The summed E-state index contributed by atoms with van der Waals surface area (Å²) in [4.78, 5) is 2.29. The molecule has 1 aliphatic carbocycles. The Balaban J connectivity index is 1.26. The Morgan fingerprint density at radius 3 is 1.97 bits per heavy atom. The lowest BCUT2D eigenvalue weighted by Gasteiger charge is -2.40. The molecule has 1 saturated carbocycles. The van der Waals surface area contributed by atoms with Crippen LogP contribution in [-0.2, 0) is 9.84 Å². The van der Waals surface area contributed by atoms with E-state index in [1.165, 1.54) is 6.26 Å². The number of sulfone groups is 1. The smallest absolute Gasteiger partial charge is 0.395 e. The van der Waals surface area contributed by atoms with Gasteiger partial charge in [0.1, 0.15) is 5.75 Å². The van der Waals surface area contributed by atoms with Crippen molar-refractivity contribution in [3.63, 3.8) is 0 Å². The first kappa shape index (κ1) is 25.0. The normalized spacial score (nSPS) is 19.9. The molecule has 0 N–H and O–H groups in total. The largest absolute Gasteiger partial charge is 0.493 e. The summed E-state index contributed by atoms with van der Waals surface area (Å²) in [6.07, 6.45) is 0.632. The van der Waals surface area contributed by atoms with Gasteiger partial charge in [0.15, 0.2) is 9.84 Å². The average molecular weight is 496 g/mol. The van der Waals surface area contributed by atoms with Crippen LogP contribution in [0.3, 0.4) is 0 Å². The summed E-state index contributed by atoms with van der Waals surface area (Å²) in [6, 6.07) is 14.4. The number of nitrogens with zero attached hydrogens (tertiary/aromatic N) is 1. The second kappa shape index (κ2) is 9.90. The van der Waals surface area contributed by atoms with Crippen molar-refractivity contribution in [3.8, 4) is 16.9 Å². The van der Waals surface area contributed by atoms with Crippen molar-refractivity contribution < 1.29 is 26.3 Å². The van der Waals surface area contributed by atoms with Crippen LogP contribution in [0.15, 0.2) is 53.4 Å². The lowest BCUT2D eigenvalue weighted by Crippen LogP contribution is -2.48. The van der Waals surface area contributed by atoms with Crippen molar-refractivity contribution in [3.05, 3.63) is 48.5 Å². The molecule has 8 heteroatoms. The third-order valence-corrected chi connectivity index (χ3v) is 8.48. The molecule has 0 amide bonds. The predicted molar refractivity (Wildman–Crippen MR) is 127 cm³/mol. The molecule has 0 spiro atoms. The molecule has 1 aliphatic heterocycles. The quantitative estimate of drug-likeness (QED) is 0.475. The van der Waals surface area contributed by atoms with E-state index in [1.54, 1.807) is 24.3 Å². The maximum atomic E-state index is 13.7. The van der Waals surface area contributed by atoms with E-state index in [9.17, 15) is 21.6 Å². The molecule has 1 saturated heterocycles. The summed E-state index contributed by atoms with van der Waals surface area (Å²) in [5, 5.41) is 0. The highest BCUT2D eigenvalue weighted by Crippen LogP contribution is 2.51. The number of halogens is 3. The highest BCUT2D eigenvalue weighted by Gasteiger charge is 2.56. The van der Waals surface area contributed by atoms with Gasteiger partial charge in [0.25, 0.3) is 0 Å². The van der Waals surface area contributed by atoms with E-state index < -0.39 is 21.4 Å². The Hall–Kier alpha value is -2.06. The molecule has 4 rings (SSSR count). The minimum atomic E-state index is -4.12. The zero-order valence-corrected chi connectivity index (χ0v) is 20.3. The second-order valence-corrected chi connectivity index (χ2v) is 11.9. The fraction of sp³-hybridized carbons (Fsp3) is 0.538. The molecular weight excluding hydrogens is 463 g/mol. The Morgan fingerprint density at radius 2 is 1.47 bits per heavy atom. The van der Waals surface area contributed by atoms with Crippen LogP contribution in [0.25, 0.3) is 11.1 Å². The molecule has 0 radical (unpaired) electrons. The molecule has 2 aromatic carbocycles. The van der Waals surface area contributed by atoms with Crippen molar-refractivity contribution in [2.75, 3.05) is 32.5 Å². The standard InChI is InChI=1S/C26H32F3NO3S/c1-34(31,32)24-10-6-22(7-11-24)21-4-8-23(9-5-21)33-18-20-12-16-30(17-13-20)19-25(26(27,28)29)14-2-3-15-25/h4-11,20H,2-3,12-19H2,1H3. The van der Waals surface area contributed by atoms with Crippen molar-refractivity contribution in [2.24, 2.45) is 11.3 Å². The molecule has 0 atom stereocenters. The van der Waals surface area contributed by atoms with Crippen LogP contribution in [0, 0.1) is 11.3 Å². The molecule has 2 aromatic rings. The van der Waals surface area contributed by atoms with Crippen LogP contribution in [0.1, 0.15) is 38.5 Å². The van der Waals surface area contributed by atoms with Gasteiger partial charge in [0.2, 0.25) is 0 Å². The van der Waals surface area contributed by atoms with E-state index in [0.29, 0.717) is 43.4 Å². The maximum Gasteiger partial charge on any atom is 0.395 e. The van der Waals surface area contributed by atoms with Gasteiger partial charge in [-0.2, -0.15) is 13.2 Å². The number of ether oxygens (including phenoxy) is 1. The number of hydrogen-bond donors (Lipinski definition) is 0. The molecule has 2 aliphatic rings. The van der Waals surface area contributed by atoms with Gasteiger partial charge in [-0.1, -0.05) is 37.1 Å². The zero-order chi connectivity index (χ0) is 24.4. The Morgan fingerprint density at radius 1 is 0.941 bits per heavy atom. The average Bonchev–Trinajstić information content (AvgIpc) is 3.29. The first-order valence-corrected chi connectivity index (χ1v) is 13.8. The highest BCUT2D eigenvalue weighted by atomic mass is 32.2. The van der Waals surface area contributed by atoms with Gasteiger partial charge in [-0.3, -0.25) is 0 Å².